The van der Waals surface area contributed by atoms with Crippen molar-refractivity contribution in [3.8, 4) is 0 Å². The van der Waals surface area contributed by atoms with Crippen molar-refractivity contribution in [2.24, 2.45) is 0 Å². The van der Waals surface area contributed by atoms with Crippen LogP contribution in [0.25, 0.3) is 0 Å². The van der Waals surface area contributed by atoms with Crippen molar-refractivity contribution in [2.75, 3.05) is 13.2 Å². The molecule has 1 aliphatic rings. The average Bonchev–Trinajstić information content (AvgIpc) is 2.38. The summed E-state index contributed by atoms with van der Waals surface area (Å²) in [5.41, 5.74) is -0.727. The normalized spacial score (nSPS) is 23.2. The van der Waals surface area contributed by atoms with Crippen molar-refractivity contribution in [3.05, 3.63) is 0 Å². The number of alkyl halides is 2. The summed E-state index contributed by atoms with van der Waals surface area (Å²) >= 11 is 0. The van der Waals surface area contributed by atoms with Gasteiger partial charge in [0.25, 0.3) is 5.92 Å². The van der Waals surface area contributed by atoms with Gasteiger partial charge in [0.05, 0.1) is 19.2 Å². The third-order valence-electron chi connectivity index (χ3n) is 2.22. The molecule has 17 heavy (non-hydrogen) atoms. The molecule has 1 heterocycles. The summed E-state index contributed by atoms with van der Waals surface area (Å²) in [5.74, 6) is -2.94. The van der Waals surface area contributed by atoms with Gasteiger partial charge in [0.2, 0.25) is 0 Å². The van der Waals surface area contributed by atoms with Gasteiger partial charge in [0.15, 0.2) is 0 Å². The fourth-order valence-corrected chi connectivity index (χ4v) is 1.60. The molecule has 1 saturated heterocycles. The summed E-state index contributed by atoms with van der Waals surface area (Å²) in [6.45, 7) is 3.81. The number of carbonyl (C=O) groups is 1. The van der Waals surface area contributed by atoms with E-state index in [1.807, 2.05) is 0 Å². The van der Waals surface area contributed by atoms with Crippen molar-refractivity contribution < 1.29 is 23.4 Å². The number of rotatable bonds is 1. The molecule has 1 amide bonds. The molecule has 1 radical (unpaired) electrons. The Morgan fingerprint density at radius 2 is 2.06 bits per heavy atom. The second-order valence-electron chi connectivity index (χ2n) is 5.00. The molecule has 1 aliphatic heterocycles. The van der Waals surface area contributed by atoms with Gasteiger partial charge in [-0.1, -0.05) is 0 Å². The molecule has 0 unspecified atom stereocenters. The molecule has 7 heteroatoms. The molecule has 4 nitrogen and oxygen atoms in total. The fraction of sp³-hybridized carbons (Fsp3) is 0.900. The minimum Gasteiger partial charge on any atom is -0.444 e. The minimum atomic E-state index is -2.94. The maximum absolute atomic E-state index is 13.1. The largest absolute Gasteiger partial charge is 0.444 e. The predicted molar refractivity (Wildman–Crippen MR) is 59.1 cm³/mol. The van der Waals surface area contributed by atoms with E-state index in [-0.39, 0.29) is 18.9 Å². The minimum absolute atomic E-state index is 0. The Labute approximate surface area is 111 Å². The van der Waals surface area contributed by atoms with Gasteiger partial charge in [0.1, 0.15) is 5.60 Å². The molecule has 0 aromatic heterocycles. The van der Waals surface area contributed by atoms with Crippen LogP contribution in [-0.4, -0.2) is 65.7 Å². The van der Waals surface area contributed by atoms with Gasteiger partial charge >= 0.3 is 6.09 Å². The SMILES string of the molecule is CC(C)(C)OC(=O)N1CC(F)(F)C[C@H]1CO.[Li]. The zero-order valence-corrected chi connectivity index (χ0v) is 10.7. The fourth-order valence-electron chi connectivity index (χ4n) is 1.60. The smallest absolute Gasteiger partial charge is 0.410 e. The standard InChI is InChI=1S/C10H17F2NO3.Li/c1-9(2,3)16-8(15)13-6-10(11,12)4-7(13)5-14;/h7,14H,4-6H2,1-3H3;/t7-;/m0./s1. The molecule has 1 rings (SSSR count). The van der Waals surface area contributed by atoms with E-state index >= 15 is 0 Å². The van der Waals surface area contributed by atoms with Gasteiger partial charge in [-0.05, 0) is 20.8 Å². The van der Waals surface area contributed by atoms with Crippen molar-refractivity contribution in [2.45, 2.75) is 44.8 Å². The predicted octanol–water partition coefficient (Wildman–Crippen LogP) is 1.24. The number of ether oxygens (including phenoxy) is 1. The second-order valence-corrected chi connectivity index (χ2v) is 5.00. The summed E-state index contributed by atoms with van der Waals surface area (Å²) in [6.07, 6.45) is -1.31. The molecule has 0 bridgehead atoms. The maximum Gasteiger partial charge on any atom is 0.410 e. The van der Waals surface area contributed by atoms with Gasteiger partial charge in [-0.3, -0.25) is 4.90 Å². The molecule has 0 aromatic rings. The molecule has 1 atom stereocenters. The van der Waals surface area contributed by atoms with Crippen LogP contribution in [-0.2, 0) is 4.74 Å². The Morgan fingerprint density at radius 3 is 2.47 bits per heavy atom. The van der Waals surface area contributed by atoms with E-state index in [9.17, 15) is 13.6 Å². The van der Waals surface area contributed by atoms with E-state index in [2.05, 4.69) is 0 Å². The monoisotopic (exact) mass is 244 g/mol. The van der Waals surface area contributed by atoms with Crippen LogP contribution in [0.1, 0.15) is 27.2 Å². The Kier molecular flexibility index (Phi) is 5.45. The van der Waals surface area contributed by atoms with Crippen LogP contribution in [0.5, 0.6) is 0 Å². The molecular weight excluding hydrogens is 227 g/mol. The molecule has 0 aliphatic carbocycles. The number of amides is 1. The van der Waals surface area contributed by atoms with Crippen LogP contribution in [0.2, 0.25) is 0 Å². The van der Waals surface area contributed by atoms with Crippen molar-refractivity contribution >= 4 is 25.0 Å². The molecular formula is C10H17F2LiNO3. The topological polar surface area (TPSA) is 49.8 Å². The second kappa shape index (κ2) is 5.55. The summed E-state index contributed by atoms with van der Waals surface area (Å²) in [5, 5.41) is 8.93. The number of carbonyl (C=O) groups excluding carboxylic acids is 1. The first-order valence-corrected chi connectivity index (χ1v) is 5.13. The van der Waals surface area contributed by atoms with Gasteiger partial charge in [-0.2, -0.15) is 0 Å². The van der Waals surface area contributed by atoms with E-state index in [0.29, 0.717) is 0 Å². The molecule has 1 fully saturated rings. The summed E-state index contributed by atoms with van der Waals surface area (Å²) in [6, 6.07) is -0.857. The number of aliphatic hydroxyl groups excluding tert-OH is 1. The maximum atomic E-state index is 13.1. The Hall–Kier alpha value is -0.313. The Balaban J connectivity index is 0.00000256. The molecule has 0 aromatic carbocycles. The number of nitrogens with zero attached hydrogens (tertiary/aromatic N) is 1. The molecule has 0 spiro atoms. The third-order valence-corrected chi connectivity index (χ3v) is 2.22. The van der Waals surface area contributed by atoms with Crippen LogP contribution < -0.4 is 0 Å². The zero-order chi connectivity index (χ0) is 12.6. The van der Waals surface area contributed by atoms with Crippen LogP contribution >= 0.6 is 0 Å². The van der Waals surface area contributed by atoms with E-state index in [1.165, 1.54) is 0 Å². The van der Waals surface area contributed by atoms with E-state index in [0.717, 1.165) is 4.90 Å². The first kappa shape index (κ1) is 16.7. The van der Waals surface area contributed by atoms with Crippen molar-refractivity contribution in [3.63, 3.8) is 0 Å². The van der Waals surface area contributed by atoms with Gasteiger partial charge in [-0.25, -0.2) is 13.6 Å². The van der Waals surface area contributed by atoms with Gasteiger partial charge in [-0.15, -0.1) is 0 Å². The van der Waals surface area contributed by atoms with Crippen molar-refractivity contribution in [1.82, 2.24) is 4.90 Å². The average molecular weight is 244 g/mol. The van der Waals surface area contributed by atoms with Gasteiger partial charge < -0.3 is 9.84 Å². The van der Waals surface area contributed by atoms with E-state index in [1.54, 1.807) is 20.8 Å². The first-order valence-electron chi connectivity index (χ1n) is 5.13. The number of hydrogen-bond acceptors (Lipinski definition) is 3. The van der Waals surface area contributed by atoms with E-state index < -0.39 is 43.2 Å². The number of aliphatic hydroxyl groups is 1. The van der Waals surface area contributed by atoms with Gasteiger partial charge in [0, 0.05) is 25.3 Å². The summed E-state index contributed by atoms with van der Waals surface area (Å²) in [4.78, 5) is 12.5. The van der Waals surface area contributed by atoms with E-state index in [4.69, 9.17) is 9.84 Å². The van der Waals surface area contributed by atoms with Crippen LogP contribution in [0.3, 0.4) is 0 Å². The number of halogens is 2. The van der Waals surface area contributed by atoms with Crippen LogP contribution in [0.4, 0.5) is 13.6 Å². The Morgan fingerprint density at radius 1 is 1.53 bits per heavy atom. The third kappa shape index (κ3) is 4.82. The van der Waals surface area contributed by atoms with Crippen LogP contribution in [0, 0.1) is 0 Å². The number of likely N-dealkylation sites (tertiary alicyclic amines) is 1. The molecule has 0 saturated carbocycles. The van der Waals surface area contributed by atoms with Crippen molar-refractivity contribution in [1.29, 1.82) is 0 Å². The molecule has 1 N–H and O–H groups in total. The summed E-state index contributed by atoms with van der Waals surface area (Å²) in [7, 11) is 0. The van der Waals surface area contributed by atoms with Crippen LogP contribution in [0.15, 0.2) is 0 Å². The number of hydrogen-bond donors (Lipinski definition) is 1. The Bertz CT molecular complexity index is 281. The summed E-state index contributed by atoms with van der Waals surface area (Å²) < 4.78 is 31.1. The first-order chi connectivity index (χ1) is 7.14. The quantitative estimate of drug-likeness (QED) is 0.706. The zero-order valence-electron chi connectivity index (χ0n) is 10.7. The molecule has 95 valence electrons.